The highest BCUT2D eigenvalue weighted by molar-refractivity contribution is 7.99. The Balaban J connectivity index is 3.92. The molecule has 0 aromatic heterocycles. The Bertz CT molecular complexity index is 256. The second-order valence-electron chi connectivity index (χ2n) is 4.22. The van der Waals surface area contributed by atoms with E-state index in [0.29, 0.717) is 6.54 Å². The smallest absolute Gasteiger partial charge is 0.303 e. The van der Waals surface area contributed by atoms with Gasteiger partial charge in [-0.05, 0) is 26.5 Å². The summed E-state index contributed by atoms with van der Waals surface area (Å²) in [4.78, 5) is 21.8. The van der Waals surface area contributed by atoms with Crippen LogP contribution in [-0.2, 0) is 9.59 Å². The van der Waals surface area contributed by atoms with Crippen LogP contribution in [0.25, 0.3) is 0 Å². The molecule has 94 valence electrons. The Hall–Kier alpha value is -0.750. The van der Waals surface area contributed by atoms with Gasteiger partial charge in [-0.1, -0.05) is 0 Å². The summed E-state index contributed by atoms with van der Waals surface area (Å²) in [7, 11) is 0. The molecule has 6 heteroatoms. The summed E-state index contributed by atoms with van der Waals surface area (Å²) < 4.78 is -0.0395. The Morgan fingerprint density at radius 3 is 2.50 bits per heavy atom. The summed E-state index contributed by atoms with van der Waals surface area (Å²) in [6.07, 6.45) is 2.05. The molecule has 0 aromatic carbocycles. The lowest BCUT2D eigenvalue weighted by Gasteiger charge is -2.23. The van der Waals surface area contributed by atoms with Gasteiger partial charge in [0.05, 0.1) is 6.04 Å². The van der Waals surface area contributed by atoms with E-state index in [2.05, 4.69) is 5.32 Å². The number of thioether (sulfide) groups is 1. The SMILES string of the molecule is CSC(C)(C)CNC(=O)C(N)CCC(=O)O. The van der Waals surface area contributed by atoms with Crippen LogP contribution >= 0.6 is 11.8 Å². The highest BCUT2D eigenvalue weighted by atomic mass is 32.2. The van der Waals surface area contributed by atoms with Crippen LogP contribution in [0.1, 0.15) is 26.7 Å². The van der Waals surface area contributed by atoms with Crippen molar-refractivity contribution in [2.45, 2.75) is 37.5 Å². The normalized spacial score (nSPS) is 13.2. The van der Waals surface area contributed by atoms with E-state index in [-0.39, 0.29) is 23.5 Å². The van der Waals surface area contributed by atoms with Crippen LogP contribution in [0, 0.1) is 0 Å². The number of nitrogens with two attached hydrogens (primary N) is 1. The fourth-order valence-electron chi connectivity index (χ4n) is 0.913. The predicted octanol–water partition coefficient (Wildman–Crippen LogP) is 0.436. The van der Waals surface area contributed by atoms with Gasteiger partial charge >= 0.3 is 5.97 Å². The largest absolute Gasteiger partial charge is 0.481 e. The van der Waals surface area contributed by atoms with E-state index in [1.807, 2.05) is 20.1 Å². The van der Waals surface area contributed by atoms with E-state index >= 15 is 0 Å². The fourth-order valence-corrected chi connectivity index (χ4v) is 1.13. The van der Waals surface area contributed by atoms with Crippen molar-refractivity contribution in [2.75, 3.05) is 12.8 Å². The molecule has 5 nitrogen and oxygen atoms in total. The average molecular weight is 248 g/mol. The number of aliphatic carboxylic acids is 1. The van der Waals surface area contributed by atoms with Crippen LogP contribution in [0.15, 0.2) is 0 Å². The zero-order valence-corrected chi connectivity index (χ0v) is 10.8. The summed E-state index contributed by atoms with van der Waals surface area (Å²) >= 11 is 1.65. The zero-order valence-electron chi connectivity index (χ0n) is 9.95. The maximum Gasteiger partial charge on any atom is 0.303 e. The topological polar surface area (TPSA) is 92.4 Å². The summed E-state index contributed by atoms with van der Waals surface area (Å²) in [5, 5.41) is 11.2. The molecule has 0 aliphatic heterocycles. The maximum absolute atomic E-state index is 11.5. The van der Waals surface area contributed by atoms with Crippen molar-refractivity contribution in [3.05, 3.63) is 0 Å². The van der Waals surface area contributed by atoms with E-state index in [4.69, 9.17) is 10.8 Å². The number of carboxylic acids is 1. The number of carboxylic acid groups (broad SMARTS) is 1. The first-order chi connectivity index (χ1) is 7.28. The van der Waals surface area contributed by atoms with Gasteiger partial charge in [0.15, 0.2) is 0 Å². The molecule has 0 fully saturated rings. The van der Waals surface area contributed by atoms with Crippen LogP contribution in [-0.4, -0.2) is 40.6 Å². The molecule has 1 unspecified atom stereocenters. The lowest BCUT2D eigenvalue weighted by Crippen LogP contribution is -2.45. The molecule has 0 rings (SSSR count). The van der Waals surface area contributed by atoms with Crippen molar-refractivity contribution < 1.29 is 14.7 Å². The van der Waals surface area contributed by atoms with Crippen LogP contribution < -0.4 is 11.1 Å². The van der Waals surface area contributed by atoms with Gasteiger partial charge in [-0.15, -0.1) is 0 Å². The molecule has 0 aliphatic rings. The maximum atomic E-state index is 11.5. The number of hydrogen-bond acceptors (Lipinski definition) is 4. The Morgan fingerprint density at radius 2 is 2.06 bits per heavy atom. The van der Waals surface area contributed by atoms with Crippen molar-refractivity contribution in [3.63, 3.8) is 0 Å². The molecule has 0 bridgehead atoms. The lowest BCUT2D eigenvalue weighted by atomic mass is 10.1. The number of amides is 1. The van der Waals surface area contributed by atoms with Crippen molar-refractivity contribution in [1.29, 1.82) is 0 Å². The average Bonchev–Trinajstić information content (AvgIpc) is 2.22. The standard InChI is InChI=1S/C10H20N2O3S/c1-10(2,16-3)6-12-9(15)7(11)4-5-8(13)14/h7H,4-6,11H2,1-3H3,(H,12,15)(H,13,14). The minimum absolute atomic E-state index is 0.0395. The summed E-state index contributed by atoms with van der Waals surface area (Å²) in [5.74, 6) is -1.23. The number of carbonyl (C=O) groups is 2. The monoisotopic (exact) mass is 248 g/mol. The van der Waals surface area contributed by atoms with E-state index in [0.717, 1.165) is 0 Å². The molecule has 0 saturated heterocycles. The van der Waals surface area contributed by atoms with Crippen LogP contribution in [0.4, 0.5) is 0 Å². The van der Waals surface area contributed by atoms with Crippen molar-refractivity contribution in [3.8, 4) is 0 Å². The second kappa shape index (κ2) is 6.75. The number of carbonyl (C=O) groups excluding carboxylic acids is 1. The number of rotatable bonds is 7. The highest BCUT2D eigenvalue weighted by Gasteiger charge is 2.20. The van der Waals surface area contributed by atoms with Gasteiger partial charge in [-0.3, -0.25) is 9.59 Å². The third-order valence-electron chi connectivity index (χ3n) is 2.25. The Kier molecular flexibility index (Phi) is 6.43. The molecule has 0 aliphatic carbocycles. The second-order valence-corrected chi connectivity index (χ2v) is 5.73. The van der Waals surface area contributed by atoms with Gasteiger partial charge in [0.1, 0.15) is 0 Å². The summed E-state index contributed by atoms with van der Waals surface area (Å²) in [6, 6.07) is -0.742. The number of hydrogen-bond donors (Lipinski definition) is 3. The molecule has 0 radical (unpaired) electrons. The third-order valence-corrected chi connectivity index (χ3v) is 3.50. The van der Waals surface area contributed by atoms with Gasteiger partial charge in [-0.25, -0.2) is 0 Å². The summed E-state index contributed by atoms with van der Waals surface area (Å²) in [6.45, 7) is 4.55. The van der Waals surface area contributed by atoms with Crippen molar-refractivity contribution in [1.82, 2.24) is 5.32 Å². The quantitative estimate of drug-likeness (QED) is 0.608. The molecule has 0 aromatic rings. The van der Waals surface area contributed by atoms with Crippen LogP contribution in [0.2, 0.25) is 0 Å². The highest BCUT2D eigenvalue weighted by Crippen LogP contribution is 2.19. The Morgan fingerprint density at radius 1 is 1.50 bits per heavy atom. The predicted molar refractivity (Wildman–Crippen MR) is 65.4 cm³/mol. The molecule has 0 heterocycles. The molecule has 4 N–H and O–H groups in total. The van der Waals surface area contributed by atoms with Crippen molar-refractivity contribution in [2.24, 2.45) is 5.73 Å². The molecule has 0 spiro atoms. The van der Waals surface area contributed by atoms with E-state index in [9.17, 15) is 9.59 Å². The van der Waals surface area contributed by atoms with E-state index in [1.165, 1.54) is 0 Å². The van der Waals surface area contributed by atoms with Gasteiger partial charge in [0.25, 0.3) is 0 Å². The van der Waals surface area contributed by atoms with E-state index < -0.39 is 12.0 Å². The number of nitrogens with one attached hydrogen (secondary N) is 1. The molecule has 16 heavy (non-hydrogen) atoms. The Labute approximate surface area is 100 Å². The first-order valence-corrected chi connectivity index (χ1v) is 6.31. The minimum Gasteiger partial charge on any atom is -0.481 e. The van der Waals surface area contributed by atoms with E-state index in [1.54, 1.807) is 11.8 Å². The van der Waals surface area contributed by atoms with Crippen molar-refractivity contribution >= 4 is 23.6 Å². The molecule has 1 amide bonds. The summed E-state index contributed by atoms with van der Waals surface area (Å²) in [5.41, 5.74) is 5.55. The fraction of sp³-hybridized carbons (Fsp3) is 0.800. The lowest BCUT2D eigenvalue weighted by molar-refractivity contribution is -0.137. The van der Waals surface area contributed by atoms with Crippen LogP contribution in [0.5, 0.6) is 0 Å². The van der Waals surface area contributed by atoms with Gasteiger partial charge in [0, 0.05) is 17.7 Å². The first-order valence-electron chi connectivity index (χ1n) is 5.09. The van der Waals surface area contributed by atoms with Gasteiger partial charge in [0.2, 0.25) is 5.91 Å². The van der Waals surface area contributed by atoms with Gasteiger partial charge < -0.3 is 16.2 Å². The minimum atomic E-state index is -0.937. The molecular weight excluding hydrogens is 228 g/mol. The van der Waals surface area contributed by atoms with Crippen LogP contribution in [0.3, 0.4) is 0 Å². The zero-order chi connectivity index (χ0) is 12.8. The van der Waals surface area contributed by atoms with Gasteiger partial charge in [-0.2, -0.15) is 11.8 Å². The third kappa shape index (κ3) is 6.68. The first kappa shape index (κ1) is 15.2. The molecule has 0 saturated carbocycles. The molecule has 1 atom stereocenters. The molecular formula is C10H20N2O3S.